The largest absolute Gasteiger partial charge is 0.396 e. The number of nitrogens with one attached hydrogen (secondary N) is 2. The summed E-state index contributed by atoms with van der Waals surface area (Å²) in [6, 6.07) is 16.9. The lowest BCUT2D eigenvalue weighted by atomic mass is 9.93. The van der Waals surface area contributed by atoms with Gasteiger partial charge in [0.25, 0.3) is 0 Å². The van der Waals surface area contributed by atoms with E-state index in [4.69, 9.17) is 10.7 Å². The Balaban J connectivity index is 1.62. The molecule has 0 spiro atoms. The van der Waals surface area contributed by atoms with Crippen LogP contribution in [0, 0.1) is 5.41 Å². The van der Waals surface area contributed by atoms with Crippen LogP contribution in [0.2, 0.25) is 0 Å². The molecular formula is C24H28N6O2. The lowest BCUT2D eigenvalue weighted by Crippen LogP contribution is -2.39. The Labute approximate surface area is 186 Å². The molecule has 8 heteroatoms. The van der Waals surface area contributed by atoms with Crippen LogP contribution in [0.3, 0.4) is 0 Å². The fourth-order valence-corrected chi connectivity index (χ4v) is 3.87. The number of pyridine rings is 1. The molecule has 2 heterocycles. The number of hydrogen-bond acceptors (Lipinski definition) is 5. The van der Waals surface area contributed by atoms with E-state index in [1.807, 2.05) is 54.6 Å². The fourth-order valence-electron chi connectivity index (χ4n) is 3.87. The third kappa shape index (κ3) is 4.50. The average Bonchev–Trinajstić information content (AvgIpc) is 3.12. The molecule has 0 atom stereocenters. The summed E-state index contributed by atoms with van der Waals surface area (Å²) >= 11 is 0. The van der Waals surface area contributed by atoms with E-state index in [1.165, 1.54) is 0 Å². The number of benzene rings is 2. The summed E-state index contributed by atoms with van der Waals surface area (Å²) in [5.41, 5.74) is 9.00. The Morgan fingerprint density at radius 1 is 1.09 bits per heavy atom. The van der Waals surface area contributed by atoms with E-state index in [2.05, 4.69) is 34.0 Å². The first-order valence-corrected chi connectivity index (χ1v) is 10.6. The number of amides is 2. The predicted molar refractivity (Wildman–Crippen MR) is 127 cm³/mol. The van der Waals surface area contributed by atoms with Gasteiger partial charge in [-0.3, -0.25) is 0 Å². The molecule has 0 unspecified atom stereocenters. The highest BCUT2D eigenvalue weighted by Crippen LogP contribution is 2.31. The minimum absolute atomic E-state index is 0.0211. The zero-order valence-corrected chi connectivity index (χ0v) is 18.3. The Morgan fingerprint density at radius 3 is 2.56 bits per heavy atom. The summed E-state index contributed by atoms with van der Waals surface area (Å²) in [6.07, 6.45) is 0.403. The molecule has 0 aliphatic heterocycles. The number of aliphatic hydroxyl groups excluding tert-OH is 1. The average molecular weight is 433 g/mol. The summed E-state index contributed by atoms with van der Waals surface area (Å²) in [7, 11) is 0. The van der Waals surface area contributed by atoms with Gasteiger partial charge in [-0.05, 0) is 18.2 Å². The molecule has 166 valence electrons. The molecular weight excluding hydrogens is 404 g/mol. The zero-order valence-electron chi connectivity index (χ0n) is 18.3. The van der Waals surface area contributed by atoms with E-state index in [0.29, 0.717) is 30.8 Å². The number of fused-ring (bicyclic) bond motifs is 3. The van der Waals surface area contributed by atoms with Crippen LogP contribution in [0.4, 0.5) is 16.3 Å². The van der Waals surface area contributed by atoms with Crippen molar-refractivity contribution >= 4 is 39.5 Å². The molecule has 0 saturated carbocycles. The van der Waals surface area contributed by atoms with Gasteiger partial charge in [0.15, 0.2) is 5.82 Å². The highest BCUT2D eigenvalue weighted by Gasteiger charge is 2.25. The first kappa shape index (κ1) is 21.6. The Bertz CT molecular complexity index is 1250. The van der Waals surface area contributed by atoms with Crippen molar-refractivity contribution in [3.8, 4) is 0 Å². The second kappa shape index (κ2) is 8.84. The van der Waals surface area contributed by atoms with Crippen LogP contribution in [0.25, 0.3) is 21.9 Å². The lowest BCUT2D eigenvalue weighted by molar-refractivity contribution is 0.239. The minimum Gasteiger partial charge on any atom is -0.396 e. The van der Waals surface area contributed by atoms with Crippen molar-refractivity contribution in [1.82, 2.24) is 19.9 Å². The first-order valence-electron chi connectivity index (χ1n) is 10.6. The standard InChI is InChI=1S/C24H28N6O2/c1-24(2,14-26-23(32)27-16-8-4-3-5-9-16)15-30-19(12-13-31)29-20-21(30)17-10-6-7-11-18(17)28-22(20)25/h3-11,31H,12-15H2,1-2H3,(H2,25,28)(H2,26,27,32). The molecule has 2 aromatic heterocycles. The number of urea groups is 1. The second-order valence-electron chi connectivity index (χ2n) is 8.64. The first-order chi connectivity index (χ1) is 15.4. The van der Waals surface area contributed by atoms with Crippen molar-refractivity contribution < 1.29 is 9.90 Å². The number of aromatic nitrogens is 3. The number of nitrogens with zero attached hydrogens (tertiary/aromatic N) is 3. The highest BCUT2D eigenvalue weighted by atomic mass is 16.3. The summed E-state index contributed by atoms with van der Waals surface area (Å²) in [6.45, 7) is 5.17. The smallest absolute Gasteiger partial charge is 0.319 e. The van der Waals surface area contributed by atoms with E-state index < -0.39 is 0 Å². The van der Waals surface area contributed by atoms with Gasteiger partial charge < -0.3 is 26.0 Å². The van der Waals surface area contributed by atoms with E-state index in [0.717, 1.165) is 27.9 Å². The van der Waals surface area contributed by atoms with Crippen LogP contribution in [0.15, 0.2) is 54.6 Å². The minimum atomic E-state index is -0.301. The van der Waals surface area contributed by atoms with Crippen molar-refractivity contribution in [2.75, 3.05) is 24.2 Å². The molecule has 0 aliphatic rings. The van der Waals surface area contributed by atoms with Gasteiger partial charge >= 0.3 is 6.03 Å². The van der Waals surface area contributed by atoms with Crippen LogP contribution in [-0.2, 0) is 13.0 Å². The van der Waals surface area contributed by atoms with Gasteiger partial charge in [-0.25, -0.2) is 14.8 Å². The predicted octanol–water partition coefficient (Wildman–Crippen LogP) is 3.55. The second-order valence-corrected chi connectivity index (χ2v) is 8.64. The molecule has 0 fully saturated rings. The quantitative estimate of drug-likeness (QED) is 0.356. The maximum absolute atomic E-state index is 12.4. The van der Waals surface area contributed by atoms with E-state index >= 15 is 0 Å². The van der Waals surface area contributed by atoms with E-state index in [9.17, 15) is 9.90 Å². The molecule has 0 bridgehead atoms. The van der Waals surface area contributed by atoms with Crippen molar-refractivity contribution in [2.24, 2.45) is 5.41 Å². The molecule has 0 saturated heterocycles. The highest BCUT2D eigenvalue weighted by molar-refractivity contribution is 6.06. The van der Waals surface area contributed by atoms with Gasteiger partial charge in [0.2, 0.25) is 0 Å². The van der Waals surface area contributed by atoms with Gasteiger partial charge in [-0.2, -0.15) is 0 Å². The molecule has 2 aromatic carbocycles. The Kier molecular flexibility index (Phi) is 5.96. The number of imidazole rings is 1. The fraction of sp³-hybridized carbons (Fsp3) is 0.292. The number of rotatable bonds is 7. The molecule has 2 amide bonds. The maximum atomic E-state index is 12.4. The van der Waals surface area contributed by atoms with Crippen LogP contribution in [0.1, 0.15) is 19.7 Å². The zero-order chi connectivity index (χ0) is 22.7. The third-order valence-electron chi connectivity index (χ3n) is 5.37. The third-order valence-corrected chi connectivity index (χ3v) is 5.37. The van der Waals surface area contributed by atoms with Gasteiger partial charge in [0, 0.05) is 36.0 Å². The van der Waals surface area contributed by atoms with Gasteiger partial charge in [0.1, 0.15) is 11.3 Å². The van der Waals surface area contributed by atoms with Crippen LogP contribution < -0.4 is 16.4 Å². The van der Waals surface area contributed by atoms with E-state index in [-0.39, 0.29) is 18.1 Å². The van der Waals surface area contributed by atoms with Gasteiger partial charge in [-0.15, -0.1) is 0 Å². The number of carbonyl (C=O) groups excluding carboxylic acids is 1. The van der Waals surface area contributed by atoms with Gasteiger partial charge in [0.05, 0.1) is 17.6 Å². The number of nitrogens with two attached hydrogens (primary N) is 1. The molecule has 32 heavy (non-hydrogen) atoms. The topological polar surface area (TPSA) is 118 Å². The SMILES string of the molecule is CC(C)(CNC(=O)Nc1ccccc1)Cn1c(CCO)nc2c(N)nc3ccccc3c21. The van der Waals surface area contributed by atoms with Gasteiger partial charge in [-0.1, -0.05) is 50.2 Å². The Hall–Kier alpha value is -3.65. The summed E-state index contributed by atoms with van der Waals surface area (Å²) in [5.74, 6) is 1.11. The van der Waals surface area contributed by atoms with E-state index in [1.54, 1.807) is 0 Å². The number of anilines is 2. The van der Waals surface area contributed by atoms with Crippen molar-refractivity contribution in [3.05, 3.63) is 60.4 Å². The van der Waals surface area contributed by atoms with Crippen molar-refractivity contribution in [1.29, 1.82) is 0 Å². The molecule has 0 aliphatic carbocycles. The summed E-state index contributed by atoms with van der Waals surface area (Å²) in [5, 5.41) is 16.4. The number of nitrogen functional groups attached to an aromatic ring is 1. The number of hydrogen-bond donors (Lipinski definition) is 4. The molecule has 4 rings (SSSR count). The molecule has 0 radical (unpaired) electrons. The summed E-state index contributed by atoms with van der Waals surface area (Å²) < 4.78 is 2.10. The van der Waals surface area contributed by atoms with Crippen LogP contribution in [0.5, 0.6) is 0 Å². The number of carbonyl (C=O) groups is 1. The Morgan fingerprint density at radius 2 is 1.81 bits per heavy atom. The maximum Gasteiger partial charge on any atom is 0.319 e. The van der Waals surface area contributed by atoms with Crippen LogP contribution in [-0.4, -0.2) is 38.8 Å². The summed E-state index contributed by atoms with van der Waals surface area (Å²) in [4.78, 5) is 21.6. The molecule has 4 aromatic rings. The molecule has 5 N–H and O–H groups in total. The van der Waals surface area contributed by atoms with Crippen molar-refractivity contribution in [2.45, 2.75) is 26.8 Å². The van der Waals surface area contributed by atoms with Crippen molar-refractivity contribution in [3.63, 3.8) is 0 Å². The monoisotopic (exact) mass is 432 g/mol. The number of para-hydroxylation sites is 2. The lowest BCUT2D eigenvalue weighted by Gasteiger charge is -2.27. The number of aliphatic hydroxyl groups is 1. The molecule has 8 nitrogen and oxygen atoms in total. The normalized spacial score (nSPS) is 11.7. The van der Waals surface area contributed by atoms with Crippen LogP contribution >= 0.6 is 0 Å².